The maximum absolute atomic E-state index is 12.1. The number of carbonyl (C=O) groups excluding carboxylic acids is 1. The van der Waals surface area contributed by atoms with Gasteiger partial charge >= 0.3 is 0 Å². The number of halogens is 1. The summed E-state index contributed by atoms with van der Waals surface area (Å²) >= 11 is 1.79. The Balaban J connectivity index is 0.00000144. The number of hydrogen-bond acceptors (Lipinski definition) is 3. The normalized spacial score (nSPS) is 17.9. The Labute approximate surface area is 112 Å². The number of amides is 1. The summed E-state index contributed by atoms with van der Waals surface area (Å²) in [5.41, 5.74) is 7.08. The Morgan fingerprint density at radius 2 is 2.24 bits per heavy atom. The van der Waals surface area contributed by atoms with Gasteiger partial charge in [-0.25, -0.2) is 0 Å². The van der Waals surface area contributed by atoms with Gasteiger partial charge in [-0.1, -0.05) is 6.92 Å². The number of nitrogens with two attached hydrogens (primary N) is 1. The van der Waals surface area contributed by atoms with Gasteiger partial charge in [-0.2, -0.15) is 0 Å². The van der Waals surface area contributed by atoms with Gasteiger partial charge in [0.05, 0.1) is 5.92 Å². The van der Waals surface area contributed by atoms with Crippen LogP contribution in [0.1, 0.15) is 24.3 Å². The van der Waals surface area contributed by atoms with Crippen LogP contribution in [-0.4, -0.2) is 23.4 Å². The number of rotatable bonds is 2. The topological polar surface area (TPSA) is 46.3 Å². The fourth-order valence-corrected chi connectivity index (χ4v) is 2.84. The molecule has 1 amide bonds. The second-order valence-corrected chi connectivity index (χ2v) is 5.53. The number of thiophene rings is 1. The van der Waals surface area contributed by atoms with E-state index in [1.165, 1.54) is 10.4 Å². The summed E-state index contributed by atoms with van der Waals surface area (Å²) in [5, 5.41) is 2.10. The number of fused-ring (bicyclic) bond motifs is 1. The van der Waals surface area contributed by atoms with Gasteiger partial charge in [0.25, 0.3) is 0 Å². The van der Waals surface area contributed by atoms with Crippen LogP contribution in [0.2, 0.25) is 0 Å². The molecule has 0 aliphatic carbocycles. The number of nitrogens with zero attached hydrogens (tertiary/aromatic N) is 1. The molecule has 96 valence electrons. The van der Waals surface area contributed by atoms with Crippen molar-refractivity contribution in [2.45, 2.75) is 32.9 Å². The first-order chi connectivity index (χ1) is 7.59. The summed E-state index contributed by atoms with van der Waals surface area (Å²) < 4.78 is 0. The molecule has 1 aliphatic heterocycles. The minimum Gasteiger partial charge on any atom is -0.338 e. The van der Waals surface area contributed by atoms with Crippen molar-refractivity contribution in [2.24, 2.45) is 11.7 Å². The molecule has 2 unspecified atom stereocenters. The third-order valence-corrected chi connectivity index (χ3v) is 4.32. The molecule has 0 radical (unpaired) electrons. The van der Waals surface area contributed by atoms with Crippen molar-refractivity contribution in [3.63, 3.8) is 0 Å². The van der Waals surface area contributed by atoms with Crippen molar-refractivity contribution in [1.82, 2.24) is 4.90 Å². The fraction of sp³-hybridized carbons (Fsp3) is 0.583. The van der Waals surface area contributed by atoms with Crippen molar-refractivity contribution in [2.75, 3.05) is 6.54 Å². The molecule has 1 aromatic rings. The van der Waals surface area contributed by atoms with Gasteiger partial charge in [0, 0.05) is 24.0 Å². The fourth-order valence-electron chi connectivity index (χ4n) is 1.95. The zero-order valence-electron chi connectivity index (χ0n) is 10.2. The summed E-state index contributed by atoms with van der Waals surface area (Å²) in [7, 11) is 0. The first-order valence-electron chi connectivity index (χ1n) is 5.69. The molecule has 2 rings (SSSR count). The van der Waals surface area contributed by atoms with E-state index in [-0.39, 0.29) is 30.3 Å². The molecule has 3 nitrogen and oxygen atoms in total. The highest BCUT2D eigenvalue weighted by Gasteiger charge is 2.26. The molecule has 17 heavy (non-hydrogen) atoms. The van der Waals surface area contributed by atoms with E-state index >= 15 is 0 Å². The molecule has 0 saturated heterocycles. The Bertz CT molecular complexity index is 392. The molecule has 0 saturated carbocycles. The lowest BCUT2D eigenvalue weighted by Crippen LogP contribution is -2.43. The van der Waals surface area contributed by atoms with E-state index in [1.807, 2.05) is 18.7 Å². The highest BCUT2D eigenvalue weighted by Crippen LogP contribution is 2.25. The lowest BCUT2D eigenvalue weighted by atomic mass is 10.0. The molecule has 0 fully saturated rings. The first kappa shape index (κ1) is 14.5. The van der Waals surface area contributed by atoms with Crippen LogP contribution < -0.4 is 5.73 Å². The van der Waals surface area contributed by atoms with E-state index in [4.69, 9.17) is 5.73 Å². The average molecular weight is 275 g/mol. The average Bonchev–Trinajstić information content (AvgIpc) is 2.73. The van der Waals surface area contributed by atoms with Crippen molar-refractivity contribution >= 4 is 29.7 Å². The monoisotopic (exact) mass is 274 g/mol. The predicted molar refractivity (Wildman–Crippen MR) is 73.5 cm³/mol. The highest BCUT2D eigenvalue weighted by molar-refractivity contribution is 7.10. The standard InChI is InChI=1S/C12H18N2OS.ClH/c1-8(9(2)13)12(15)14-5-3-11-10(7-14)4-6-16-11;/h4,6,8-9H,3,5,7,13H2,1-2H3;1H. The Kier molecular flexibility index (Phi) is 4.98. The van der Waals surface area contributed by atoms with Crippen LogP contribution in [0.15, 0.2) is 11.4 Å². The second kappa shape index (κ2) is 5.85. The summed E-state index contributed by atoms with van der Waals surface area (Å²) in [5.74, 6) is 0.104. The van der Waals surface area contributed by atoms with Crippen LogP contribution in [0.3, 0.4) is 0 Å². The Hall–Kier alpha value is -0.580. The first-order valence-corrected chi connectivity index (χ1v) is 6.57. The summed E-state index contributed by atoms with van der Waals surface area (Å²) in [6, 6.07) is 2.05. The van der Waals surface area contributed by atoms with Crippen LogP contribution >= 0.6 is 23.7 Å². The van der Waals surface area contributed by atoms with E-state index in [0.717, 1.165) is 19.5 Å². The van der Waals surface area contributed by atoms with E-state index in [0.29, 0.717) is 0 Å². The Morgan fingerprint density at radius 3 is 2.88 bits per heavy atom. The summed E-state index contributed by atoms with van der Waals surface area (Å²) in [6.07, 6.45) is 0.990. The zero-order chi connectivity index (χ0) is 11.7. The molecule has 2 atom stereocenters. The molecule has 0 bridgehead atoms. The quantitative estimate of drug-likeness (QED) is 0.897. The number of hydrogen-bond donors (Lipinski definition) is 1. The minimum atomic E-state index is -0.0832. The van der Waals surface area contributed by atoms with Crippen LogP contribution in [0, 0.1) is 5.92 Å². The maximum atomic E-state index is 12.1. The van der Waals surface area contributed by atoms with Crippen molar-refractivity contribution in [1.29, 1.82) is 0 Å². The van der Waals surface area contributed by atoms with Crippen molar-refractivity contribution in [3.8, 4) is 0 Å². The molecule has 5 heteroatoms. The lowest BCUT2D eigenvalue weighted by molar-refractivity contribution is -0.136. The molecular formula is C12H19ClN2OS. The molecule has 0 aromatic carbocycles. The summed E-state index contributed by atoms with van der Waals surface area (Å²) in [6.45, 7) is 5.40. The zero-order valence-corrected chi connectivity index (χ0v) is 11.8. The van der Waals surface area contributed by atoms with Gasteiger partial charge in [0.15, 0.2) is 0 Å². The molecule has 1 aromatic heterocycles. The van der Waals surface area contributed by atoms with Crippen LogP contribution in [0.4, 0.5) is 0 Å². The smallest absolute Gasteiger partial charge is 0.227 e. The van der Waals surface area contributed by atoms with E-state index < -0.39 is 0 Å². The molecule has 2 N–H and O–H groups in total. The molecular weight excluding hydrogens is 256 g/mol. The van der Waals surface area contributed by atoms with E-state index in [1.54, 1.807) is 11.3 Å². The SMILES string of the molecule is CC(N)C(C)C(=O)N1CCc2sccc2C1.Cl. The van der Waals surface area contributed by atoms with E-state index in [9.17, 15) is 4.79 Å². The highest BCUT2D eigenvalue weighted by atomic mass is 35.5. The van der Waals surface area contributed by atoms with Crippen molar-refractivity contribution < 1.29 is 4.79 Å². The third kappa shape index (κ3) is 3.00. The van der Waals surface area contributed by atoms with Gasteiger partial charge in [0.2, 0.25) is 5.91 Å². The number of carbonyl (C=O) groups is 1. The van der Waals surface area contributed by atoms with Gasteiger partial charge in [-0.3, -0.25) is 4.79 Å². The van der Waals surface area contributed by atoms with Crippen LogP contribution in [0.25, 0.3) is 0 Å². The summed E-state index contributed by atoms with van der Waals surface area (Å²) in [4.78, 5) is 15.5. The van der Waals surface area contributed by atoms with Gasteiger partial charge < -0.3 is 10.6 Å². The maximum Gasteiger partial charge on any atom is 0.227 e. The van der Waals surface area contributed by atoms with Crippen LogP contribution in [0.5, 0.6) is 0 Å². The van der Waals surface area contributed by atoms with Crippen LogP contribution in [-0.2, 0) is 17.8 Å². The Morgan fingerprint density at radius 1 is 1.53 bits per heavy atom. The molecule has 2 heterocycles. The largest absolute Gasteiger partial charge is 0.338 e. The van der Waals surface area contributed by atoms with Gasteiger partial charge in [0.1, 0.15) is 0 Å². The molecule has 0 spiro atoms. The predicted octanol–water partition coefficient (Wildman–Crippen LogP) is 2.04. The lowest BCUT2D eigenvalue weighted by Gasteiger charge is -2.30. The van der Waals surface area contributed by atoms with Gasteiger partial charge in [-0.15, -0.1) is 23.7 Å². The third-order valence-electron chi connectivity index (χ3n) is 3.30. The minimum absolute atomic E-state index is 0. The molecule has 1 aliphatic rings. The van der Waals surface area contributed by atoms with Gasteiger partial charge in [-0.05, 0) is 30.4 Å². The van der Waals surface area contributed by atoms with Crippen molar-refractivity contribution in [3.05, 3.63) is 21.9 Å². The van der Waals surface area contributed by atoms with E-state index in [2.05, 4.69) is 11.4 Å². The second-order valence-electron chi connectivity index (χ2n) is 4.53.